The normalized spacial score (nSPS) is 10.6. The van der Waals surface area contributed by atoms with Crippen molar-refractivity contribution in [3.05, 3.63) is 82.6 Å². The molecule has 1 N–H and O–H groups in total. The van der Waals surface area contributed by atoms with Crippen molar-refractivity contribution in [2.45, 2.75) is 18.4 Å². The van der Waals surface area contributed by atoms with Gasteiger partial charge in [0.2, 0.25) is 0 Å². The van der Waals surface area contributed by atoms with Gasteiger partial charge >= 0.3 is 0 Å². The lowest BCUT2D eigenvalue weighted by Crippen LogP contribution is -2.32. The molecule has 0 aliphatic carbocycles. The summed E-state index contributed by atoms with van der Waals surface area (Å²) in [6.07, 6.45) is 0. The topological polar surface area (TPSA) is 64.0 Å². The van der Waals surface area contributed by atoms with E-state index in [0.717, 1.165) is 21.9 Å². The Morgan fingerprint density at radius 1 is 1.04 bits per heavy atom. The minimum atomic E-state index is -0.189. The molecule has 1 aromatic heterocycles. The standard InChI is InChI=1S/C21H21N3O2S/c1-2-27-19-11-7-6-10-17(19)21(26)22-14-15-24-20(25)13-12-18(23-24)16-8-4-3-5-9-16/h3-13H,2,14-15H2,1H3,(H,22,26). The number of carbonyl (C=O) groups is 1. The SMILES string of the molecule is CCSc1ccccc1C(=O)NCCn1nc(-c2ccccc2)ccc1=O. The van der Waals surface area contributed by atoms with E-state index in [4.69, 9.17) is 0 Å². The lowest BCUT2D eigenvalue weighted by molar-refractivity contribution is 0.0949. The van der Waals surface area contributed by atoms with Crippen LogP contribution in [0.15, 0.2) is 76.4 Å². The lowest BCUT2D eigenvalue weighted by atomic mass is 10.1. The van der Waals surface area contributed by atoms with E-state index < -0.39 is 0 Å². The number of hydrogen-bond donors (Lipinski definition) is 1. The minimum Gasteiger partial charge on any atom is -0.350 e. The molecule has 0 saturated heterocycles. The summed E-state index contributed by atoms with van der Waals surface area (Å²) in [5.74, 6) is 0.759. The fourth-order valence-electron chi connectivity index (χ4n) is 2.68. The number of nitrogens with zero attached hydrogens (tertiary/aromatic N) is 2. The molecule has 0 fully saturated rings. The molecule has 1 amide bonds. The molecule has 27 heavy (non-hydrogen) atoms. The van der Waals surface area contributed by atoms with Crippen molar-refractivity contribution in [3.63, 3.8) is 0 Å². The molecule has 138 valence electrons. The number of hydrogen-bond acceptors (Lipinski definition) is 4. The first-order chi connectivity index (χ1) is 13.2. The Balaban J connectivity index is 1.67. The van der Waals surface area contributed by atoms with Crippen LogP contribution in [0.1, 0.15) is 17.3 Å². The van der Waals surface area contributed by atoms with Gasteiger partial charge in [0.25, 0.3) is 11.5 Å². The molecule has 2 aromatic carbocycles. The van der Waals surface area contributed by atoms with Crippen molar-refractivity contribution < 1.29 is 4.79 Å². The van der Waals surface area contributed by atoms with Gasteiger partial charge in [-0.2, -0.15) is 5.10 Å². The third kappa shape index (κ3) is 4.86. The maximum Gasteiger partial charge on any atom is 0.266 e. The monoisotopic (exact) mass is 379 g/mol. The van der Waals surface area contributed by atoms with Crippen LogP contribution in [-0.4, -0.2) is 28.0 Å². The number of rotatable bonds is 7. The highest BCUT2D eigenvalue weighted by Gasteiger charge is 2.10. The van der Waals surface area contributed by atoms with Crippen LogP contribution in [0.3, 0.4) is 0 Å². The average molecular weight is 379 g/mol. The Morgan fingerprint density at radius 2 is 1.78 bits per heavy atom. The number of carbonyl (C=O) groups excluding carboxylic acids is 1. The van der Waals surface area contributed by atoms with Crippen molar-refractivity contribution in [1.29, 1.82) is 0 Å². The molecule has 0 saturated carbocycles. The second-order valence-corrected chi connectivity index (χ2v) is 7.14. The Hall–Kier alpha value is -2.86. The maximum absolute atomic E-state index is 12.5. The summed E-state index contributed by atoms with van der Waals surface area (Å²) in [4.78, 5) is 25.5. The Morgan fingerprint density at radius 3 is 2.56 bits per heavy atom. The zero-order valence-electron chi connectivity index (χ0n) is 15.1. The third-order valence-electron chi connectivity index (χ3n) is 3.98. The second kappa shape index (κ2) is 9.19. The molecule has 1 heterocycles. The van der Waals surface area contributed by atoms with Crippen LogP contribution >= 0.6 is 11.8 Å². The summed E-state index contributed by atoms with van der Waals surface area (Å²) >= 11 is 1.63. The zero-order valence-corrected chi connectivity index (χ0v) is 15.9. The fraction of sp³-hybridized carbons (Fsp3) is 0.190. The van der Waals surface area contributed by atoms with E-state index in [-0.39, 0.29) is 11.5 Å². The molecule has 0 unspecified atom stereocenters. The fourth-order valence-corrected chi connectivity index (χ4v) is 3.48. The highest BCUT2D eigenvalue weighted by Crippen LogP contribution is 2.22. The number of nitrogens with one attached hydrogen (secondary N) is 1. The van der Waals surface area contributed by atoms with Gasteiger partial charge in [-0.25, -0.2) is 4.68 Å². The summed E-state index contributed by atoms with van der Waals surface area (Å²) in [7, 11) is 0. The lowest BCUT2D eigenvalue weighted by Gasteiger charge is -2.10. The molecular formula is C21H21N3O2S. The Labute approximate surface area is 162 Å². The molecule has 3 aromatic rings. The van der Waals surface area contributed by atoms with Crippen molar-refractivity contribution in [2.75, 3.05) is 12.3 Å². The summed E-state index contributed by atoms with van der Waals surface area (Å²) in [6.45, 7) is 2.70. The van der Waals surface area contributed by atoms with Gasteiger partial charge in [-0.3, -0.25) is 9.59 Å². The predicted molar refractivity (Wildman–Crippen MR) is 109 cm³/mol. The van der Waals surface area contributed by atoms with Crippen LogP contribution in [-0.2, 0) is 6.54 Å². The Bertz CT molecular complexity index is 970. The number of thioether (sulfide) groups is 1. The van der Waals surface area contributed by atoms with Crippen molar-refractivity contribution in [2.24, 2.45) is 0 Å². The van der Waals surface area contributed by atoms with Crippen LogP contribution in [0.4, 0.5) is 0 Å². The first-order valence-corrected chi connectivity index (χ1v) is 9.81. The molecular weight excluding hydrogens is 358 g/mol. The van der Waals surface area contributed by atoms with Crippen LogP contribution in [0, 0.1) is 0 Å². The molecule has 0 spiro atoms. The zero-order chi connectivity index (χ0) is 19.1. The molecule has 0 aliphatic rings. The summed E-state index contributed by atoms with van der Waals surface area (Å²) in [5, 5.41) is 7.29. The van der Waals surface area contributed by atoms with Gasteiger partial charge in [0.05, 0.1) is 17.8 Å². The summed E-state index contributed by atoms with van der Waals surface area (Å²) in [6, 6.07) is 20.4. The molecule has 5 nitrogen and oxygen atoms in total. The first-order valence-electron chi connectivity index (χ1n) is 8.82. The van der Waals surface area contributed by atoms with Gasteiger partial charge in [-0.1, -0.05) is 49.4 Å². The van der Waals surface area contributed by atoms with Crippen molar-refractivity contribution >= 4 is 17.7 Å². The predicted octanol–water partition coefficient (Wildman–Crippen LogP) is 3.45. The third-order valence-corrected chi connectivity index (χ3v) is 4.93. The quantitative estimate of drug-likeness (QED) is 0.639. The van der Waals surface area contributed by atoms with Crippen LogP contribution < -0.4 is 10.9 Å². The first kappa shape index (κ1) is 18.9. The van der Waals surface area contributed by atoms with Crippen LogP contribution in [0.2, 0.25) is 0 Å². The van der Waals surface area contributed by atoms with Gasteiger partial charge in [0, 0.05) is 23.1 Å². The van der Waals surface area contributed by atoms with Crippen LogP contribution in [0.5, 0.6) is 0 Å². The van der Waals surface area contributed by atoms with E-state index in [1.165, 1.54) is 10.7 Å². The van der Waals surface area contributed by atoms with Gasteiger partial charge < -0.3 is 5.32 Å². The number of aromatic nitrogens is 2. The smallest absolute Gasteiger partial charge is 0.266 e. The average Bonchev–Trinajstić information content (AvgIpc) is 2.70. The van der Waals surface area contributed by atoms with Gasteiger partial charge in [-0.05, 0) is 24.0 Å². The molecule has 0 aliphatic heterocycles. The van der Waals surface area contributed by atoms with Gasteiger partial charge in [-0.15, -0.1) is 11.8 Å². The molecule has 0 bridgehead atoms. The Kier molecular flexibility index (Phi) is 6.44. The highest BCUT2D eigenvalue weighted by molar-refractivity contribution is 7.99. The summed E-state index contributed by atoms with van der Waals surface area (Å²) in [5.41, 5.74) is 2.14. The molecule has 6 heteroatoms. The van der Waals surface area contributed by atoms with E-state index >= 15 is 0 Å². The van der Waals surface area contributed by atoms with Crippen molar-refractivity contribution in [1.82, 2.24) is 15.1 Å². The van der Waals surface area contributed by atoms with Gasteiger partial charge in [0.15, 0.2) is 0 Å². The minimum absolute atomic E-state index is 0.140. The summed E-state index contributed by atoms with van der Waals surface area (Å²) < 4.78 is 1.38. The van der Waals surface area contributed by atoms with E-state index in [1.807, 2.05) is 54.6 Å². The molecule has 3 rings (SSSR count). The maximum atomic E-state index is 12.5. The second-order valence-electron chi connectivity index (χ2n) is 5.83. The molecule has 0 atom stereocenters. The highest BCUT2D eigenvalue weighted by atomic mass is 32.2. The van der Waals surface area contributed by atoms with Gasteiger partial charge in [0.1, 0.15) is 0 Å². The van der Waals surface area contributed by atoms with Crippen molar-refractivity contribution in [3.8, 4) is 11.3 Å². The molecule has 0 radical (unpaired) electrons. The largest absolute Gasteiger partial charge is 0.350 e. The van der Waals surface area contributed by atoms with E-state index in [0.29, 0.717) is 18.7 Å². The number of amides is 1. The van der Waals surface area contributed by atoms with Crippen LogP contribution in [0.25, 0.3) is 11.3 Å². The van der Waals surface area contributed by atoms with E-state index in [1.54, 1.807) is 17.8 Å². The number of benzene rings is 2. The van der Waals surface area contributed by atoms with E-state index in [2.05, 4.69) is 17.3 Å². The van der Waals surface area contributed by atoms with E-state index in [9.17, 15) is 9.59 Å².